The zero-order valence-electron chi connectivity index (χ0n) is 5.99. The van der Waals surface area contributed by atoms with Gasteiger partial charge in [0, 0.05) is 5.78 Å². The molecule has 2 nitrogen and oxygen atoms in total. The standard InChI is InChI=1S/C4H8NO.2Rb/c1-4(6)3-5-2;;/h3,5H,1-2H3;;/q-1;2*+1. The van der Waals surface area contributed by atoms with Gasteiger partial charge in [0.2, 0.25) is 0 Å². The average Bonchev–Trinajstić information content (AvgIpc) is 1.35. The molecule has 36 valence electrons. The van der Waals surface area contributed by atoms with Crippen molar-refractivity contribution in [3.05, 3.63) is 6.54 Å². The fraction of sp³-hybridized carbons (Fsp3) is 0.500. The van der Waals surface area contributed by atoms with Crippen molar-refractivity contribution in [1.29, 1.82) is 0 Å². The van der Waals surface area contributed by atoms with Crippen molar-refractivity contribution in [2.24, 2.45) is 0 Å². The van der Waals surface area contributed by atoms with Crippen LogP contribution in [-0.2, 0) is 4.79 Å². The number of carbonyl (C=O) groups is 1. The van der Waals surface area contributed by atoms with Crippen molar-refractivity contribution >= 4 is 5.78 Å². The first-order chi connectivity index (χ1) is 2.77. The molecule has 0 bridgehead atoms. The van der Waals surface area contributed by atoms with E-state index in [1.165, 1.54) is 13.5 Å². The summed E-state index contributed by atoms with van der Waals surface area (Å²) in [7, 11) is 1.70. The summed E-state index contributed by atoms with van der Waals surface area (Å²) in [5.74, 6) is 0.0532. The molecular weight excluding hydrogens is 249 g/mol. The number of ketones is 1. The Labute approximate surface area is 148 Å². The van der Waals surface area contributed by atoms with Crippen LogP contribution in [-0.4, -0.2) is 12.8 Å². The first-order valence-corrected chi connectivity index (χ1v) is 1.78. The maximum atomic E-state index is 9.93. The molecule has 0 spiro atoms. The first kappa shape index (κ1) is 17.3. The van der Waals surface area contributed by atoms with E-state index in [0.29, 0.717) is 0 Å². The van der Waals surface area contributed by atoms with Crippen molar-refractivity contribution < 1.29 is 121 Å². The molecule has 0 aliphatic heterocycles. The van der Waals surface area contributed by atoms with Crippen LogP contribution in [0.5, 0.6) is 0 Å². The van der Waals surface area contributed by atoms with E-state index in [9.17, 15) is 4.79 Å². The largest absolute Gasteiger partial charge is 1.00 e. The summed E-state index contributed by atoms with van der Waals surface area (Å²) < 4.78 is 0. The van der Waals surface area contributed by atoms with Crippen LogP contribution in [0.15, 0.2) is 0 Å². The van der Waals surface area contributed by atoms with Crippen LogP contribution in [0.1, 0.15) is 6.92 Å². The van der Waals surface area contributed by atoms with Gasteiger partial charge in [-0.1, -0.05) is 0 Å². The van der Waals surface area contributed by atoms with E-state index in [0.717, 1.165) is 0 Å². The smallest absolute Gasteiger partial charge is 0.450 e. The molecule has 0 aliphatic rings. The second-order valence-corrected chi connectivity index (χ2v) is 1.04. The Balaban J connectivity index is -0.000000125. The summed E-state index contributed by atoms with van der Waals surface area (Å²) in [6.45, 7) is 2.90. The number of nitrogens with one attached hydrogen (secondary N) is 1. The Morgan fingerprint density at radius 3 is 1.88 bits per heavy atom. The molecule has 0 aromatic heterocycles. The summed E-state index contributed by atoms with van der Waals surface area (Å²) in [6.07, 6.45) is 0. The Kier molecular flexibility index (Phi) is 27.5. The third-order valence-electron chi connectivity index (χ3n) is 0.348. The summed E-state index contributed by atoms with van der Waals surface area (Å²) in [5, 5.41) is 2.59. The molecule has 0 saturated carbocycles. The van der Waals surface area contributed by atoms with Crippen LogP contribution in [0.3, 0.4) is 0 Å². The van der Waals surface area contributed by atoms with Crippen molar-refractivity contribution in [3.8, 4) is 0 Å². The second-order valence-electron chi connectivity index (χ2n) is 1.04. The van der Waals surface area contributed by atoms with E-state index in [2.05, 4.69) is 5.32 Å². The van der Waals surface area contributed by atoms with Crippen LogP contribution < -0.4 is 122 Å². The van der Waals surface area contributed by atoms with E-state index in [4.69, 9.17) is 0 Å². The molecule has 0 radical (unpaired) electrons. The predicted octanol–water partition coefficient (Wildman–Crippen LogP) is -6.04. The number of carbonyl (C=O) groups excluding carboxylic acids is 1. The Morgan fingerprint density at radius 1 is 1.50 bits per heavy atom. The Morgan fingerprint density at radius 2 is 1.88 bits per heavy atom. The molecule has 0 fully saturated rings. The van der Waals surface area contributed by atoms with E-state index in [1.807, 2.05) is 0 Å². The quantitative estimate of drug-likeness (QED) is 0.499. The van der Waals surface area contributed by atoms with E-state index < -0.39 is 0 Å². The van der Waals surface area contributed by atoms with Crippen LogP contribution in [0, 0.1) is 6.54 Å². The van der Waals surface area contributed by atoms with Crippen LogP contribution in [0.4, 0.5) is 0 Å². The van der Waals surface area contributed by atoms with Crippen molar-refractivity contribution in [2.75, 3.05) is 7.05 Å². The van der Waals surface area contributed by atoms with Gasteiger partial charge in [-0.3, -0.25) is 6.54 Å². The fourth-order valence-corrected chi connectivity index (χ4v) is 0.203. The van der Waals surface area contributed by atoms with Gasteiger partial charge in [0.1, 0.15) is 0 Å². The third-order valence-corrected chi connectivity index (χ3v) is 0.348. The van der Waals surface area contributed by atoms with Gasteiger partial charge in [-0.05, 0) is 14.0 Å². The summed E-state index contributed by atoms with van der Waals surface area (Å²) in [4.78, 5) is 9.93. The molecule has 0 atom stereocenters. The maximum absolute atomic E-state index is 9.93. The zero-order valence-corrected chi connectivity index (χ0v) is 15.8. The minimum Gasteiger partial charge on any atom is -0.450 e. The van der Waals surface area contributed by atoms with E-state index in [-0.39, 0.29) is 122 Å². The Bertz CT molecular complexity index is 58.0. The Hall–Kier alpha value is 3.11. The third kappa shape index (κ3) is 16.1. The van der Waals surface area contributed by atoms with Gasteiger partial charge in [0.05, 0.1) is 0 Å². The molecule has 0 unspecified atom stereocenters. The molecule has 4 heteroatoms. The molecule has 0 aromatic rings. The monoisotopic (exact) mass is 256 g/mol. The van der Waals surface area contributed by atoms with Gasteiger partial charge < -0.3 is 10.1 Å². The van der Waals surface area contributed by atoms with Crippen LogP contribution in [0.2, 0.25) is 0 Å². The predicted molar refractivity (Wildman–Crippen MR) is 24.0 cm³/mol. The van der Waals surface area contributed by atoms with Gasteiger partial charge >= 0.3 is 116 Å². The fourth-order valence-electron chi connectivity index (χ4n) is 0.203. The topological polar surface area (TPSA) is 29.1 Å². The minimum absolute atomic E-state index is 0. The second kappa shape index (κ2) is 12.8. The molecule has 1 N–H and O–H groups in total. The number of rotatable bonds is 2. The first-order valence-electron chi connectivity index (χ1n) is 1.78. The number of Topliss-reactive ketones (excluding diaryl/α,β-unsaturated/α-hetero) is 1. The molecular formula is C4H8NORb2+. The summed E-state index contributed by atoms with van der Waals surface area (Å²) in [5.41, 5.74) is 0. The molecule has 0 amide bonds. The molecule has 0 saturated heterocycles. The van der Waals surface area contributed by atoms with Gasteiger partial charge in [0.25, 0.3) is 0 Å². The van der Waals surface area contributed by atoms with Crippen LogP contribution >= 0.6 is 0 Å². The molecule has 0 aromatic carbocycles. The number of hydrogen-bond donors (Lipinski definition) is 1. The molecule has 0 rings (SSSR count). The van der Waals surface area contributed by atoms with Gasteiger partial charge in [-0.2, -0.15) is 0 Å². The van der Waals surface area contributed by atoms with Crippen molar-refractivity contribution in [3.63, 3.8) is 0 Å². The van der Waals surface area contributed by atoms with E-state index >= 15 is 0 Å². The summed E-state index contributed by atoms with van der Waals surface area (Å²) >= 11 is 0. The summed E-state index contributed by atoms with van der Waals surface area (Å²) in [6, 6.07) is 0. The SMILES string of the molecule is CN[CH-]C(C)=O.[Rb+].[Rb+]. The van der Waals surface area contributed by atoms with Gasteiger partial charge in [0.15, 0.2) is 0 Å². The van der Waals surface area contributed by atoms with Gasteiger partial charge in [-0.15, -0.1) is 0 Å². The van der Waals surface area contributed by atoms with Crippen molar-refractivity contribution in [2.45, 2.75) is 6.92 Å². The van der Waals surface area contributed by atoms with Crippen LogP contribution in [0.25, 0.3) is 0 Å². The molecule has 8 heavy (non-hydrogen) atoms. The maximum Gasteiger partial charge on any atom is 1.00 e. The average molecular weight is 257 g/mol. The number of hydrogen-bond acceptors (Lipinski definition) is 2. The normalized spacial score (nSPS) is 5.75. The number of likely N-dealkylation sites (N-methyl/N-ethyl adjacent to an activating group) is 1. The zero-order chi connectivity index (χ0) is 4.99. The molecule has 0 aliphatic carbocycles. The van der Waals surface area contributed by atoms with Gasteiger partial charge in [-0.25, -0.2) is 0 Å². The van der Waals surface area contributed by atoms with Crippen molar-refractivity contribution in [1.82, 2.24) is 5.32 Å². The van der Waals surface area contributed by atoms with E-state index in [1.54, 1.807) is 7.05 Å². The molecule has 0 heterocycles. The minimum atomic E-state index is 0.